The smallest absolute Gasteiger partial charge is 0.407 e. The third kappa shape index (κ3) is 9.74. The van der Waals surface area contributed by atoms with Crippen molar-refractivity contribution in [3.05, 3.63) is 95.6 Å². The molecule has 5 rings (SSSR count). The van der Waals surface area contributed by atoms with Crippen LogP contribution in [-0.2, 0) is 39.9 Å². The van der Waals surface area contributed by atoms with Gasteiger partial charge >= 0.3 is 12.1 Å². The summed E-state index contributed by atoms with van der Waals surface area (Å²) in [6.45, 7) is 8.94. The Bertz CT molecular complexity index is 1850. The molecule has 1 heterocycles. The van der Waals surface area contributed by atoms with Crippen molar-refractivity contribution in [2.75, 3.05) is 20.3 Å². The molecule has 56 heavy (non-hydrogen) atoms. The molecule has 0 spiro atoms. The molecule has 13 heteroatoms. The molecule has 1 aliphatic heterocycles. The predicted octanol–water partition coefficient (Wildman–Crippen LogP) is 4.09. The van der Waals surface area contributed by atoms with Gasteiger partial charge in [0.25, 0.3) is 0 Å². The molecule has 0 saturated carbocycles. The topological polar surface area (TPSA) is 172 Å². The Labute approximate surface area is 328 Å². The number of nitrogens with one attached hydrogen (secondary N) is 4. The fourth-order valence-electron chi connectivity index (χ4n) is 7.38. The van der Waals surface area contributed by atoms with E-state index in [1.807, 2.05) is 78.9 Å². The number of amides is 5. The number of ether oxygens (including phenoxy) is 2. The minimum absolute atomic E-state index is 0.0741. The van der Waals surface area contributed by atoms with Crippen LogP contribution in [0.2, 0.25) is 0 Å². The lowest BCUT2D eigenvalue weighted by molar-refractivity contribution is -0.147. The van der Waals surface area contributed by atoms with Crippen molar-refractivity contribution in [2.45, 2.75) is 90.0 Å². The summed E-state index contributed by atoms with van der Waals surface area (Å²) in [7, 11) is 1.24. The summed E-state index contributed by atoms with van der Waals surface area (Å²) >= 11 is 0. The van der Waals surface area contributed by atoms with Gasteiger partial charge < -0.3 is 35.6 Å². The Balaban J connectivity index is 1.24. The van der Waals surface area contributed by atoms with Crippen LogP contribution in [0, 0.1) is 11.8 Å². The molecule has 298 valence electrons. The summed E-state index contributed by atoms with van der Waals surface area (Å²) in [5.74, 6) is -3.47. The van der Waals surface area contributed by atoms with Gasteiger partial charge in [0.05, 0.1) is 7.11 Å². The average Bonchev–Trinajstić information content (AvgIpc) is 3.81. The second kappa shape index (κ2) is 18.7. The largest absolute Gasteiger partial charge is 0.467 e. The van der Waals surface area contributed by atoms with E-state index in [0.717, 1.165) is 27.8 Å². The monoisotopic (exact) mass is 767 g/mol. The van der Waals surface area contributed by atoms with Crippen molar-refractivity contribution in [2.24, 2.45) is 11.8 Å². The first-order chi connectivity index (χ1) is 26.8. The summed E-state index contributed by atoms with van der Waals surface area (Å²) in [5.41, 5.74) is 5.09. The molecule has 3 aromatic carbocycles. The average molecular weight is 768 g/mol. The predicted molar refractivity (Wildman–Crippen MR) is 210 cm³/mol. The van der Waals surface area contributed by atoms with E-state index in [-0.39, 0.29) is 37.3 Å². The summed E-state index contributed by atoms with van der Waals surface area (Å²) in [5, 5.41) is 10.9. The highest BCUT2D eigenvalue weighted by Crippen LogP contribution is 2.44. The maximum atomic E-state index is 14.3. The lowest BCUT2D eigenvalue weighted by Crippen LogP contribution is -2.59. The molecule has 1 saturated heterocycles. The summed E-state index contributed by atoms with van der Waals surface area (Å²) in [6.07, 6.45) is 0.250. The van der Waals surface area contributed by atoms with Crippen LogP contribution >= 0.6 is 0 Å². The van der Waals surface area contributed by atoms with E-state index in [1.165, 1.54) is 18.9 Å². The Hall–Kier alpha value is -5.72. The summed E-state index contributed by atoms with van der Waals surface area (Å²) in [4.78, 5) is 81.8. The molecule has 0 aromatic heterocycles. The molecule has 1 fully saturated rings. The van der Waals surface area contributed by atoms with Crippen molar-refractivity contribution in [1.29, 1.82) is 0 Å². The quantitative estimate of drug-likeness (QED) is 0.168. The minimum Gasteiger partial charge on any atom is -0.467 e. The number of hydrogen-bond donors (Lipinski definition) is 4. The van der Waals surface area contributed by atoms with Gasteiger partial charge in [0.1, 0.15) is 36.8 Å². The number of methoxy groups -OCH3 is 1. The fraction of sp³-hybridized carbons (Fsp3) is 0.442. The van der Waals surface area contributed by atoms with E-state index in [0.29, 0.717) is 12.8 Å². The SMILES string of the molecule is COC(=O)C(NC(=O)C(NC(=O)C1CCCN1C(=O)C(Cc1ccccc1)NC(=O)C(C)NC(=O)OCC1c2ccccc2-c2ccccc21)C(C)C)C(C)C. The standard InChI is InChI=1S/C43H53N5O8/c1-25(2)36(40(51)47-37(26(3)4)42(53)55-6)46-39(50)35-21-14-22-48(35)41(52)34(23-28-15-8-7-9-16-28)45-38(49)27(5)44-43(54)56-24-33-31-19-12-10-17-29(31)30-18-11-13-20-32(30)33/h7-13,15-20,25-27,33-37H,14,21-24H2,1-6H3,(H,44,54)(H,45,49)(H,46,50)(H,47,51). The highest BCUT2D eigenvalue weighted by Gasteiger charge is 2.40. The first-order valence-corrected chi connectivity index (χ1v) is 19.3. The van der Waals surface area contributed by atoms with Crippen LogP contribution < -0.4 is 21.3 Å². The zero-order chi connectivity index (χ0) is 40.5. The van der Waals surface area contributed by atoms with Gasteiger partial charge in [-0.2, -0.15) is 0 Å². The van der Waals surface area contributed by atoms with E-state index in [1.54, 1.807) is 27.7 Å². The maximum Gasteiger partial charge on any atom is 0.407 e. The van der Waals surface area contributed by atoms with Gasteiger partial charge in [0, 0.05) is 18.9 Å². The van der Waals surface area contributed by atoms with Crippen molar-refractivity contribution >= 4 is 35.7 Å². The Morgan fingerprint density at radius 3 is 1.89 bits per heavy atom. The second-order valence-corrected chi connectivity index (χ2v) is 15.1. The van der Waals surface area contributed by atoms with Crippen LogP contribution in [0.1, 0.15) is 70.1 Å². The number of likely N-dealkylation sites (tertiary alicyclic amines) is 1. The molecule has 0 bridgehead atoms. The zero-order valence-electron chi connectivity index (χ0n) is 32.9. The van der Waals surface area contributed by atoms with Gasteiger partial charge in [-0.3, -0.25) is 19.2 Å². The number of benzene rings is 3. The van der Waals surface area contributed by atoms with Gasteiger partial charge in [-0.05, 0) is 59.4 Å². The first-order valence-electron chi connectivity index (χ1n) is 19.3. The molecule has 5 amide bonds. The molecule has 0 radical (unpaired) electrons. The highest BCUT2D eigenvalue weighted by atomic mass is 16.5. The maximum absolute atomic E-state index is 14.3. The molecular weight excluding hydrogens is 714 g/mol. The number of fused-ring (bicyclic) bond motifs is 3. The Morgan fingerprint density at radius 2 is 1.30 bits per heavy atom. The van der Waals surface area contributed by atoms with Gasteiger partial charge in [0.15, 0.2) is 0 Å². The molecular formula is C43H53N5O8. The summed E-state index contributed by atoms with van der Waals surface area (Å²) < 4.78 is 10.5. The molecule has 1 aliphatic carbocycles. The lowest BCUT2D eigenvalue weighted by atomic mass is 9.98. The fourth-order valence-corrected chi connectivity index (χ4v) is 7.38. The van der Waals surface area contributed by atoms with Gasteiger partial charge in [-0.1, -0.05) is 107 Å². The number of hydrogen-bond acceptors (Lipinski definition) is 8. The number of carbonyl (C=O) groups is 6. The van der Waals surface area contributed by atoms with Gasteiger partial charge in [-0.15, -0.1) is 0 Å². The number of alkyl carbamates (subject to hydrolysis) is 1. The highest BCUT2D eigenvalue weighted by molar-refractivity contribution is 5.96. The van der Waals surface area contributed by atoms with E-state index < -0.39 is 65.9 Å². The molecule has 2 aliphatic rings. The van der Waals surface area contributed by atoms with Crippen LogP contribution in [0.4, 0.5) is 4.79 Å². The van der Waals surface area contributed by atoms with Crippen LogP contribution in [-0.4, -0.2) is 91.1 Å². The van der Waals surface area contributed by atoms with Crippen LogP contribution in [0.25, 0.3) is 11.1 Å². The van der Waals surface area contributed by atoms with Crippen LogP contribution in [0.15, 0.2) is 78.9 Å². The third-order valence-electron chi connectivity index (χ3n) is 10.5. The van der Waals surface area contributed by atoms with E-state index in [9.17, 15) is 28.8 Å². The van der Waals surface area contributed by atoms with Crippen LogP contribution in [0.5, 0.6) is 0 Å². The minimum atomic E-state index is -1.07. The second-order valence-electron chi connectivity index (χ2n) is 15.1. The number of esters is 1. The van der Waals surface area contributed by atoms with Crippen molar-refractivity contribution in [1.82, 2.24) is 26.2 Å². The van der Waals surface area contributed by atoms with Crippen molar-refractivity contribution in [3.8, 4) is 11.1 Å². The van der Waals surface area contributed by atoms with Crippen molar-refractivity contribution in [3.63, 3.8) is 0 Å². The summed E-state index contributed by atoms with van der Waals surface area (Å²) in [6, 6.07) is 20.2. The number of carbonyl (C=O) groups excluding carboxylic acids is 6. The van der Waals surface area contributed by atoms with E-state index >= 15 is 0 Å². The zero-order valence-corrected chi connectivity index (χ0v) is 32.9. The van der Waals surface area contributed by atoms with E-state index in [4.69, 9.17) is 9.47 Å². The molecule has 13 nitrogen and oxygen atoms in total. The normalized spacial score (nSPS) is 16.9. The molecule has 5 unspecified atom stereocenters. The van der Waals surface area contributed by atoms with E-state index in [2.05, 4.69) is 21.3 Å². The third-order valence-corrected chi connectivity index (χ3v) is 10.5. The van der Waals surface area contributed by atoms with Gasteiger partial charge in [0.2, 0.25) is 23.6 Å². The van der Waals surface area contributed by atoms with Crippen molar-refractivity contribution < 1.29 is 38.2 Å². The lowest BCUT2D eigenvalue weighted by Gasteiger charge is -2.31. The first kappa shape index (κ1) is 41.4. The number of rotatable bonds is 15. The number of nitrogens with zero attached hydrogens (tertiary/aromatic N) is 1. The van der Waals surface area contributed by atoms with Gasteiger partial charge in [-0.25, -0.2) is 9.59 Å². The van der Waals surface area contributed by atoms with Crippen LogP contribution in [0.3, 0.4) is 0 Å². The Morgan fingerprint density at radius 1 is 0.714 bits per heavy atom. The molecule has 4 N–H and O–H groups in total. The molecule has 5 atom stereocenters. The molecule has 3 aromatic rings. The Kier molecular flexibility index (Phi) is 13.9.